The van der Waals surface area contributed by atoms with E-state index in [9.17, 15) is 27.6 Å². The van der Waals surface area contributed by atoms with Gasteiger partial charge in [0.25, 0.3) is 0 Å². The maximum absolute atomic E-state index is 12.2. The molecule has 2 rings (SSSR count). The second-order valence-electron chi connectivity index (χ2n) is 6.17. The summed E-state index contributed by atoms with van der Waals surface area (Å²) in [4.78, 5) is 39.0. The lowest BCUT2D eigenvalue weighted by Gasteiger charge is -2.08. The summed E-state index contributed by atoms with van der Waals surface area (Å²) >= 11 is 1.41. The molecule has 0 bridgehead atoms. The minimum absolute atomic E-state index is 0.159. The van der Waals surface area contributed by atoms with Crippen LogP contribution in [0.1, 0.15) is 24.2 Å². The third-order valence-electron chi connectivity index (χ3n) is 3.66. The fraction of sp³-hybridized carbons (Fsp3) is 0.238. The molecule has 0 aromatic heterocycles. The van der Waals surface area contributed by atoms with Gasteiger partial charge < -0.3 is 14.3 Å². The zero-order chi connectivity index (χ0) is 23.7. The summed E-state index contributed by atoms with van der Waals surface area (Å²) in [7, 11) is 0. The van der Waals surface area contributed by atoms with Crippen molar-refractivity contribution in [1.82, 2.24) is 0 Å². The molecule has 0 aliphatic rings. The molecular formula is C21H18F3NO6S. The molecule has 170 valence electrons. The molecule has 0 saturated carbocycles. The number of rotatable bonds is 9. The van der Waals surface area contributed by atoms with E-state index >= 15 is 0 Å². The first-order valence-corrected chi connectivity index (χ1v) is 9.89. The Balaban J connectivity index is 1.91. The van der Waals surface area contributed by atoms with Crippen LogP contribution in [0.25, 0.3) is 0 Å². The summed E-state index contributed by atoms with van der Waals surface area (Å²) in [5.74, 6) is -2.94. The van der Waals surface area contributed by atoms with Crippen molar-refractivity contribution >= 4 is 35.2 Å². The summed E-state index contributed by atoms with van der Waals surface area (Å²) in [6.45, 7) is 2.86. The van der Waals surface area contributed by atoms with Gasteiger partial charge in [0, 0.05) is 22.3 Å². The number of benzene rings is 2. The van der Waals surface area contributed by atoms with E-state index in [1.165, 1.54) is 30.8 Å². The van der Waals surface area contributed by atoms with E-state index in [2.05, 4.69) is 9.99 Å². The summed E-state index contributed by atoms with van der Waals surface area (Å²) < 4.78 is 46.6. The van der Waals surface area contributed by atoms with Gasteiger partial charge in [0.1, 0.15) is 24.7 Å². The van der Waals surface area contributed by atoms with Crippen molar-refractivity contribution in [2.24, 2.45) is 5.16 Å². The second kappa shape index (κ2) is 11.3. The third-order valence-corrected chi connectivity index (χ3v) is 4.67. The highest BCUT2D eigenvalue weighted by Gasteiger charge is 2.41. The number of halogens is 3. The summed E-state index contributed by atoms with van der Waals surface area (Å²) in [6, 6.07) is 13.5. The highest BCUT2D eigenvalue weighted by atomic mass is 32.2. The van der Waals surface area contributed by atoms with Crippen LogP contribution in [0.15, 0.2) is 63.5 Å². The molecule has 0 radical (unpaired) electrons. The van der Waals surface area contributed by atoms with Crippen molar-refractivity contribution in [3.63, 3.8) is 0 Å². The van der Waals surface area contributed by atoms with Gasteiger partial charge in [-0.3, -0.25) is 9.59 Å². The maximum atomic E-state index is 12.2. The Morgan fingerprint density at radius 3 is 2.00 bits per heavy atom. The van der Waals surface area contributed by atoms with Gasteiger partial charge in [-0.1, -0.05) is 16.9 Å². The van der Waals surface area contributed by atoms with E-state index in [-0.39, 0.29) is 24.7 Å². The van der Waals surface area contributed by atoms with Crippen LogP contribution in [-0.2, 0) is 19.2 Å². The molecule has 0 saturated heterocycles. The number of ketones is 1. The highest BCUT2D eigenvalue weighted by molar-refractivity contribution is 7.99. The predicted molar refractivity (Wildman–Crippen MR) is 109 cm³/mol. The molecule has 0 heterocycles. The van der Waals surface area contributed by atoms with E-state index in [1.54, 1.807) is 24.3 Å². The van der Waals surface area contributed by atoms with Crippen molar-refractivity contribution in [2.45, 2.75) is 29.8 Å². The number of nitrogens with zero attached hydrogens (tertiary/aromatic N) is 1. The Morgan fingerprint density at radius 2 is 1.47 bits per heavy atom. The van der Waals surface area contributed by atoms with Gasteiger partial charge in [-0.25, -0.2) is 4.79 Å². The molecule has 0 fully saturated rings. The molecule has 32 heavy (non-hydrogen) atoms. The summed E-state index contributed by atoms with van der Waals surface area (Å²) in [5.41, 5.74) is -0.220. The van der Waals surface area contributed by atoms with Crippen molar-refractivity contribution in [3.8, 4) is 5.75 Å². The van der Waals surface area contributed by atoms with Crippen molar-refractivity contribution < 1.29 is 41.9 Å². The first-order valence-electron chi connectivity index (χ1n) is 9.08. The Hall–Kier alpha value is -3.34. The lowest BCUT2D eigenvalue weighted by atomic mass is 10.1. The van der Waals surface area contributed by atoms with E-state index in [0.29, 0.717) is 5.75 Å². The van der Waals surface area contributed by atoms with E-state index < -0.39 is 23.6 Å². The lowest BCUT2D eigenvalue weighted by molar-refractivity contribution is -0.199. The van der Waals surface area contributed by atoms with Gasteiger partial charge in [0.2, 0.25) is 5.78 Å². The van der Waals surface area contributed by atoms with Gasteiger partial charge in [0.05, 0.1) is 0 Å². The van der Waals surface area contributed by atoms with Gasteiger partial charge in [-0.2, -0.15) is 13.2 Å². The topological polar surface area (TPSA) is 91.3 Å². The molecule has 0 aliphatic heterocycles. The number of hydrogen-bond donors (Lipinski definition) is 0. The summed E-state index contributed by atoms with van der Waals surface area (Å²) in [6.07, 6.45) is -5.19. The molecule has 7 nitrogen and oxygen atoms in total. The summed E-state index contributed by atoms with van der Waals surface area (Å²) in [5, 5.41) is 2.96. The van der Waals surface area contributed by atoms with E-state index in [4.69, 9.17) is 9.47 Å². The Labute approximate surface area is 185 Å². The van der Waals surface area contributed by atoms with Gasteiger partial charge >= 0.3 is 18.1 Å². The average molecular weight is 469 g/mol. The largest absolute Gasteiger partial charge is 0.493 e. The van der Waals surface area contributed by atoms with Crippen molar-refractivity contribution in [3.05, 3.63) is 54.1 Å². The lowest BCUT2D eigenvalue weighted by Crippen LogP contribution is -2.24. The fourth-order valence-corrected chi connectivity index (χ4v) is 2.99. The van der Waals surface area contributed by atoms with Gasteiger partial charge in [0.15, 0.2) is 0 Å². The number of hydrogen-bond acceptors (Lipinski definition) is 8. The number of ether oxygens (including phenoxy) is 2. The highest BCUT2D eigenvalue weighted by Crippen LogP contribution is 2.29. The first-order chi connectivity index (χ1) is 15.1. The van der Waals surface area contributed by atoms with Crippen LogP contribution < -0.4 is 4.74 Å². The molecule has 0 amide bonds. The van der Waals surface area contributed by atoms with Crippen molar-refractivity contribution in [2.75, 3.05) is 13.2 Å². The van der Waals surface area contributed by atoms with Crippen molar-refractivity contribution in [1.29, 1.82) is 0 Å². The molecule has 0 spiro atoms. The van der Waals surface area contributed by atoms with Crippen LogP contribution in [0.2, 0.25) is 0 Å². The molecule has 11 heteroatoms. The Morgan fingerprint density at radius 1 is 0.906 bits per heavy atom. The normalized spacial score (nSPS) is 11.6. The zero-order valence-electron chi connectivity index (χ0n) is 17.0. The fourth-order valence-electron chi connectivity index (χ4n) is 2.17. The number of carbonyl (C=O) groups is 3. The molecule has 0 atom stereocenters. The van der Waals surface area contributed by atoms with E-state index in [0.717, 1.165) is 16.7 Å². The quantitative estimate of drug-likeness (QED) is 0.134. The number of carbonyl (C=O) groups excluding carboxylic acids is 3. The van der Waals surface area contributed by atoms with Crippen LogP contribution in [0.3, 0.4) is 0 Å². The van der Waals surface area contributed by atoms with Gasteiger partial charge in [-0.05, 0) is 55.5 Å². The molecule has 0 aliphatic carbocycles. The standard InChI is InChI=1S/C21H18F3NO6S/c1-13(25-31-20(28)21(22,23)24)19(27)15-3-7-17(8-4-15)32-18-9-5-16(6-10-18)30-12-11-29-14(2)26/h3-10H,11-12H2,1-2H3/b25-13+. The number of Topliss-reactive ketones (excluding diaryl/α,β-unsaturated/α-hetero) is 1. The smallest absolute Gasteiger partial charge is 0.490 e. The monoisotopic (exact) mass is 469 g/mol. The number of esters is 1. The van der Waals surface area contributed by atoms with Crippen LogP contribution in [0.5, 0.6) is 5.75 Å². The SMILES string of the molecule is CC(=O)OCCOc1ccc(Sc2ccc(C(=O)/C(C)=N/OC(=O)C(F)(F)F)cc2)cc1. The minimum atomic E-state index is -5.19. The second-order valence-corrected chi connectivity index (χ2v) is 7.32. The molecule has 2 aromatic carbocycles. The van der Waals surface area contributed by atoms with Crippen LogP contribution in [-0.4, -0.2) is 42.8 Å². The Kier molecular flexibility index (Phi) is 8.82. The molecule has 2 aromatic rings. The van der Waals surface area contributed by atoms with E-state index in [1.807, 2.05) is 12.1 Å². The Bertz CT molecular complexity index is 988. The number of alkyl halides is 3. The predicted octanol–water partition coefficient (Wildman–Crippen LogP) is 4.44. The van der Waals surface area contributed by atoms with Crippen LogP contribution >= 0.6 is 11.8 Å². The maximum Gasteiger partial charge on any atom is 0.493 e. The molecule has 0 N–H and O–H groups in total. The zero-order valence-corrected chi connectivity index (χ0v) is 17.8. The average Bonchev–Trinajstić information content (AvgIpc) is 2.75. The first kappa shape index (κ1) is 24.9. The third kappa shape index (κ3) is 8.06. The molecule has 0 unspecified atom stereocenters. The van der Waals surface area contributed by atoms with Crippen LogP contribution in [0, 0.1) is 0 Å². The minimum Gasteiger partial charge on any atom is -0.490 e. The van der Waals surface area contributed by atoms with Gasteiger partial charge in [-0.15, -0.1) is 0 Å². The van der Waals surface area contributed by atoms with Crippen LogP contribution in [0.4, 0.5) is 13.2 Å². The number of oxime groups is 1. The molecular weight excluding hydrogens is 451 g/mol.